The summed E-state index contributed by atoms with van der Waals surface area (Å²) in [6.45, 7) is -0.0116. The van der Waals surface area contributed by atoms with Crippen LogP contribution in [0.5, 0.6) is 5.75 Å². The van der Waals surface area contributed by atoms with Gasteiger partial charge in [0.1, 0.15) is 47.2 Å². The van der Waals surface area contributed by atoms with Gasteiger partial charge in [-0.25, -0.2) is 18.4 Å². The fourth-order valence-electron chi connectivity index (χ4n) is 3.88. The van der Waals surface area contributed by atoms with Crippen LogP contribution in [0.15, 0.2) is 71.7 Å². The summed E-state index contributed by atoms with van der Waals surface area (Å²) in [6.07, 6.45) is -2.13. The van der Waals surface area contributed by atoms with Crippen LogP contribution >= 0.6 is 0 Å². The first-order valence-corrected chi connectivity index (χ1v) is 10.6. The summed E-state index contributed by atoms with van der Waals surface area (Å²) in [5, 5.41) is 15.4. The molecule has 0 bridgehead atoms. The molecule has 7 nitrogen and oxygen atoms in total. The first-order chi connectivity index (χ1) is 17.0. The van der Waals surface area contributed by atoms with Gasteiger partial charge < -0.3 is 14.3 Å². The van der Waals surface area contributed by atoms with Gasteiger partial charge in [0.2, 0.25) is 0 Å². The lowest BCUT2D eigenvalue weighted by atomic mass is 9.92. The number of ether oxygens (including phenoxy) is 1. The van der Waals surface area contributed by atoms with Crippen LogP contribution in [0, 0.1) is 11.6 Å². The maximum absolute atomic E-state index is 14.6. The Morgan fingerprint density at radius 1 is 1.06 bits per heavy atom. The molecule has 190 valence electrons. The molecule has 12 heteroatoms. The van der Waals surface area contributed by atoms with Crippen LogP contribution in [0.2, 0.25) is 0 Å². The summed E-state index contributed by atoms with van der Waals surface area (Å²) in [5.74, 6) is -1.11. The number of aliphatic hydroxyl groups is 1. The zero-order valence-corrected chi connectivity index (χ0v) is 18.9. The number of hydrogen-bond donors (Lipinski definition) is 1. The van der Waals surface area contributed by atoms with Gasteiger partial charge >= 0.3 is 6.36 Å². The molecule has 0 amide bonds. The quantitative estimate of drug-likeness (QED) is 0.330. The SMILES string of the molecule is CN(Cc1ccc(-c2ccc(OC(F)(F)F)cc2)o1)CC(O)(Cn1cncn1)c1ccc(F)cc1F. The summed E-state index contributed by atoms with van der Waals surface area (Å²) in [5.41, 5.74) is -1.36. The Bertz CT molecular complexity index is 1290. The highest BCUT2D eigenvalue weighted by atomic mass is 19.4. The van der Waals surface area contributed by atoms with Crippen LogP contribution in [0.25, 0.3) is 11.3 Å². The Morgan fingerprint density at radius 2 is 1.81 bits per heavy atom. The summed E-state index contributed by atoms with van der Waals surface area (Å²) in [7, 11) is 1.68. The zero-order chi connectivity index (χ0) is 25.9. The third-order valence-electron chi connectivity index (χ3n) is 5.31. The van der Waals surface area contributed by atoms with E-state index in [0.29, 0.717) is 23.2 Å². The number of alkyl halides is 3. The van der Waals surface area contributed by atoms with Gasteiger partial charge in [-0.2, -0.15) is 5.10 Å². The maximum Gasteiger partial charge on any atom is 0.573 e. The first-order valence-electron chi connectivity index (χ1n) is 10.6. The lowest BCUT2D eigenvalue weighted by Crippen LogP contribution is -2.43. The van der Waals surface area contributed by atoms with Crippen LogP contribution in [-0.4, -0.2) is 44.7 Å². The van der Waals surface area contributed by atoms with E-state index in [9.17, 15) is 27.1 Å². The molecular weight excluding hydrogens is 487 g/mol. The van der Waals surface area contributed by atoms with E-state index in [0.717, 1.165) is 6.07 Å². The molecule has 0 saturated heterocycles. The molecule has 1 N–H and O–H groups in total. The average Bonchev–Trinajstić information content (AvgIpc) is 3.45. The maximum atomic E-state index is 14.6. The second kappa shape index (κ2) is 10.1. The van der Waals surface area contributed by atoms with Gasteiger partial charge in [-0.15, -0.1) is 13.2 Å². The average molecular weight is 508 g/mol. The van der Waals surface area contributed by atoms with Gasteiger partial charge in [0.15, 0.2) is 0 Å². The fraction of sp³-hybridized carbons (Fsp3) is 0.250. The monoisotopic (exact) mass is 508 g/mol. The predicted octanol–water partition coefficient (Wildman–Crippen LogP) is 4.73. The van der Waals surface area contributed by atoms with Crippen LogP contribution in [0.4, 0.5) is 22.0 Å². The smallest absolute Gasteiger partial charge is 0.460 e. The fourth-order valence-corrected chi connectivity index (χ4v) is 3.88. The highest BCUT2D eigenvalue weighted by molar-refractivity contribution is 5.58. The topological polar surface area (TPSA) is 76.6 Å². The Labute approximate surface area is 202 Å². The van der Waals surface area contributed by atoms with Crippen molar-refractivity contribution in [1.82, 2.24) is 19.7 Å². The molecular formula is C24H21F5N4O3. The van der Waals surface area contributed by atoms with E-state index in [-0.39, 0.29) is 30.9 Å². The molecule has 0 aliphatic rings. The van der Waals surface area contributed by atoms with Crippen LogP contribution in [0.1, 0.15) is 11.3 Å². The normalized spacial score (nSPS) is 13.7. The largest absolute Gasteiger partial charge is 0.573 e. The van der Waals surface area contributed by atoms with E-state index < -0.39 is 23.6 Å². The molecule has 2 aromatic carbocycles. The molecule has 1 unspecified atom stereocenters. The van der Waals surface area contributed by atoms with E-state index in [1.165, 1.54) is 47.7 Å². The predicted molar refractivity (Wildman–Crippen MR) is 117 cm³/mol. The van der Waals surface area contributed by atoms with E-state index in [2.05, 4.69) is 14.8 Å². The Morgan fingerprint density at radius 3 is 2.44 bits per heavy atom. The Kier molecular flexibility index (Phi) is 7.09. The minimum atomic E-state index is -4.78. The number of aromatic nitrogens is 3. The van der Waals surface area contributed by atoms with Crippen molar-refractivity contribution in [2.24, 2.45) is 0 Å². The number of furan rings is 1. The first kappa shape index (κ1) is 25.3. The second-order valence-corrected chi connectivity index (χ2v) is 8.26. The zero-order valence-electron chi connectivity index (χ0n) is 18.9. The van der Waals surface area contributed by atoms with Gasteiger partial charge in [0.05, 0.1) is 13.1 Å². The van der Waals surface area contributed by atoms with Crippen molar-refractivity contribution in [3.63, 3.8) is 0 Å². The molecule has 0 spiro atoms. The van der Waals surface area contributed by atoms with E-state index in [1.54, 1.807) is 24.1 Å². The highest BCUT2D eigenvalue weighted by Gasteiger charge is 2.35. The molecule has 36 heavy (non-hydrogen) atoms. The molecule has 1 atom stereocenters. The number of nitrogens with zero attached hydrogens (tertiary/aromatic N) is 4. The van der Waals surface area contributed by atoms with Crippen molar-refractivity contribution >= 4 is 0 Å². The van der Waals surface area contributed by atoms with Crippen molar-refractivity contribution in [3.05, 3.63) is 90.2 Å². The van der Waals surface area contributed by atoms with Gasteiger partial charge in [0, 0.05) is 23.7 Å². The van der Waals surface area contributed by atoms with Crippen molar-refractivity contribution in [2.45, 2.75) is 25.1 Å². The third-order valence-corrected chi connectivity index (χ3v) is 5.31. The van der Waals surface area contributed by atoms with E-state index >= 15 is 0 Å². The number of benzene rings is 2. The molecule has 0 radical (unpaired) electrons. The molecule has 0 aliphatic carbocycles. The molecule has 2 heterocycles. The van der Waals surface area contributed by atoms with Crippen LogP contribution in [0.3, 0.4) is 0 Å². The minimum Gasteiger partial charge on any atom is -0.460 e. The van der Waals surface area contributed by atoms with Crippen molar-refractivity contribution in [2.75, 3.05) is 13.6 Å². The lowest BCUT2D eigenvalue weighted by Gasteiger charge is -2.32. The van der Waals surface area contributed by atoms with E-state index in [1.807, 2.05) is 0 Å². The second-order valence-electron chi connectivity index (χ2n) is 8.26. The van der Waals surface area contributed by atoms with Crippen molar-refractivity contribution in [1.29, 1.82) is 0 Å². The van der Waals surface area contributed by atoms with Gasteiger partial charge in [0.25, 0.3) is 0 Å². The standard InChI is InChI=1S/C24H21F5N4O3/c1-32(11-19-7-9-22(35-19)16-2-5-18(6-3-16)36-24(27,28)29)12-23(34,13-33-15-30-14-31-33)20-8-4-17(25)10-21(20)26/h2-10,14-15,34H,11-13H2,1H3. The van der Waals surface area contributed by atoms with Gasteiger partial charge in [-0.3, -0.25) is 4.90 Å². The summed E-state index contributed by atoms with van der Waals surface area (Å²) in [6, 6.07) is 11.5. The summed E-state index contributed by atoms with van der Waals surface area (Å²) in [4.78, 5) is 5.52. The molecule has 2 aromatic heterocycles. The van der Waals surface area contributed by atoms with Crippen LogP contribution in [-0.2, 0) is 18.7 Å². The minimum absolute atomic E-state index is 0.0745. The third kappa shape index (κ3) is 6.26. The van der Waals surface area contributed by atoms with Gasteiger partial charge in [-0.1, -0.05) is 6.07 Å². The number of halogens is 5. The number of likely N-dealkylation sites (N-methyl/N-ethyl adjacent to an activating group) is 1. The highest BCUT2D eigenvalue weighted by Crippen LogP contribution is 2.30. The summed E-state index contributed by atoms with van der Waals surface area (Å²) >= 11 is 0. The number of hydrogen-bond acceptors (Lipinski definition) is 6. The molecule has 4 aromatic rings. The summed E-state index contributed by atoms with van der Waals surface area (Å²) < 4.78 is 76.2. The van der Waals surface area contributed by atoms with E-state index in [4.69, 9.17) is 4.42 Å². The Hall–Kier alpha value is -3.77. The Balaban J connectivity index is 1.48. The van der Waals surface area contributed by atoms with Crippen molar-refractivity contribution < 1.29 is 36.2 Å². The molecule has 0 aliphatic heterocycles. The molecule has 4 rings (SSSR count). The molecule has 0 fully saturated rings. The van der Waals surface area contributed by atoms with Crippen molar-refractivity contribution in [3.8, 4) is 17.1 Å². The van der Waals surface area contributed by atoms with Gasteiger partial charge in [-0.05, 0) is 49.5 Å². The number of rotatable bonds is 9. The van der Waals surface area contributed by atoms with Crippen LogP contribution < -0.4 is 4.74 Å². The lowest BCUT2D eigenvalue weighted by molar-refractivity contribution is -0.274. The molecule has 0 saturated carbocycles.